The summed E-state index contributed by atoms with van der Waals surface area (Å²) in [6.45, 7) is 3.27. The summed E-state index contributed by atoms with van der Waals surface area (Å²) < 4.78 is 0. The zero-order valence-electron chi connectivity index (χ0n) is 14.2. The lowest BCUT2D eigenvalue weighted by molar-refractivity contribution is 0.100. The van der Waals surface area contributed by atoms with Gasteiger partial charge in [0.1, 0.15) is 5.84 Å². The number of rotatable bonds is 4. The van der Waals surface area contributed by atoms with E-state index in [-0.39, 0.29) is 5.78 Å². The van der Waals surface area contributed by atoms with Crippen LogP contribution >= 0.6 is 0 Å². The Hall–Kier alpha value is -2.42. The van der Waals surface area contributed by atoms with Crippen molar-refractivity contribution in [1.82, 2.24) is 0 Å². The number of aliphatic imine (C=N–C) groups is 1. The molecule has 1 aliphatic heterocycles. The lowest BCUT2D eigenvalue weighted by Gasteiger charge is -2.25. The number of benzene rings is 2. The van der Waals surface area contributed by atoms with Crippen molar-refractivity contribution < 1.29 is 4.79 Å². The Morgan fingerprint density at radius 1 is 1.00 bits per heavy atom. The first-order chi connectivity index (χ1) is 11.7. The molecule has 0 saturated heterocycles. The van der Waals surface area contributed by atoms with Gasteiger partial charge in [0.05, 0.1) is 6.54 Å². The minimum absolute atomic E-state index is 0.128. The Morgan fingerprint density at radius 2 is 1.75 bits per heavy atom. The molecule has 124 valence electrons. The molecule has 0 aromatic heterocycles. The van der Waals surface area contributed by atoms with E-state index < -0.39 is 0 Å². The number of aryl methyl sites for hydroxylation is 1. The van der Waals surface area contributed by atoms with E-state index in [0.717, 1.165) is 42.9 Å². The molecule has 0 radical (unpaired) electrons. The lowest BCUT2D eigenvalue weighted by atomic mass is 10.1. The van der Waals surface area contributed by atoms with Gasteiger partial charge in [-0.15, -0.1) is 0 Å². The van der Waals surface area contributed by atoms with Crippen LogP contribution in [0, 0.1) is 6.92 Å². The third kappa shape index (κ3) is 4.10. The van der Waals surface area contributed by atoms with Gasteiger partial charge in [-0.25, -0.2) is 0 Å². The first kappa shape index (κ1) is 16.4. The van der Waals surface area contributed by atoms with Gasteiger partial charge in [-0.05, 0) is 31.9 Å². The third-order valence-electron chi connectivity index (χ3n) is 4.41. The van der Waals surface area contributed by atoms with Crippen molar-refractivity contribution in [3.8, 4) is 0 Å². The Morgan fingerprint density at radius 3 is 2.50 bits per heavy atom. The fourth-order valence-corrected chi connectivity index (χ4v) is 2.99. The maximum Gasteiger partial charge on any atom is 0.182 e. The molecule has 0 bridgehead atoms. The van der Waals surface area contributed by atoms with Crippen LogP contribution < -0.4 is 4.90 Å². The van der Waals surface area contributed by atoms with Crippen molar-refractivity contribution in [2.24, 2.45) is 4.99 Å². The predicted molar refractivity (Wildman–Crippen MR) is 100 cm³/mol. The molecule has 2 aromatic carbocycles. The van der Waals surface area contributed by atoms with Crippen molar-refractivity contribution in [3.05, 3.63) is 65.7 Å². The summed E-state index contributed by atoms with van der Waals surface area (Å²) in [4.78, 5) is 19.6. The van der Waals surface area contributed by atoms with E-state index >= 15 is 0 Å². The van der Waals surface area contributed by atoms with Gasteiger partial charge in [0, 0.05) is 24.2 Å². The van der Waals surface area contributed by atoms with Crippen LogP contribution in [-0.2, 0) is 0 Å². The molecule has 1 aliphatic rings. The van der Waals surface area contributed by atoms with Crippen LogP contribution in [0.1, 0.15) is 41.6 Å². The fourth-order valence-electron chi connectivity index (χ4n) is 2.99. The Kier molecular flexibility index (Phi) is 5.42. The van der Waals surface area contributed by atoms with Crippen LogP contribution in [0.2, 0.25) is 0 Å². The molecule has 0 saturated carbocycles. The summed E-state index contributed by atoms with van der Waals surface area (Å²) in [5, 5.41) is 0. The van der Waals surface area contributed by atoms with E-state index in [4.69, 9.17) is 4.99 Å². The number of carbonyl (C=O) groups is 1. The molecule has 0 fully saturated rings. The van der Waals surface area contributed by atoms with Gasteiger partial charge in [-0.3, -0.25) is 9.79 Å². The van der Waals surface area contributed by atoms with E-state index in [1.807, 2.05) is 30.3 Å². The number of hydrogen-bond acceptors (Lipinski definition) is 3. The number of Topliss-reactive ketones (excluding diaryl/α,β-unsaturated/α-hetero) is 1. The third-order valence-corrected chi connectivity index (χ3v) is 4.41. The molecule has 3 rings (SSSR count). The largest absolute Gasteiger partial charge is 0.322 e. The maximum absolute atomic E-state index is 12.7. The lowest BCUT2D eigenvalue weighted by Crippen LogP contribution is -2.36. The monoisotopic (exact) mass is 320 g/mol. The molecule has 0 amide bonds. The van der Waals surface area contributed by atoms with Gasteiger partial charge >= 0.3 is 0 Å². The van der Waals surface area contributed by atoms with Gasteiger partial charge in [0.2, 0.25) is 0 Å². The van der Waals surface area contributed by atoms with Crippen molar-refractivity contribution in [1.29, 1.82) is 0 Å². The van der Waals surface area contributed by atoms with Gasteiger partial charge in [0.15, 0.2) is 5.78 Å². The van der Waals surface area contributed by atoms with Gasteiger partial charge < -0.3 is 4.90 Å². The highest BCUT2D eigenvalue weighted by molar-refractivity contribution is 6.07. The molecule has 2 aromatic rings. The Balaban J connectivity index is 1.88. The average molecular weight is 320 g/mol. The topological polar surface area (TPSA) is 32.7 Å². The zero-order chi connectivity index (χ0) is 16.8. The second kappa shape index (κ2) is 7.91. The number of ketones is 1. The summed E-state index contributed by atoms with van der Waals surface area (Å²) in [6, 6.07) is 17.9. The number of hydrogen-bond donors (Lipinski definition) is 0. The number of carbonyl (C=O) groups excluding carboxylic acids is 1. The number of anilines is 1. The Labute approximate surface area is 144 Å². The van der Waals surface area contributed by atoms with E-state index in [1.54, 1.807) is 0 Å². The van der Waals surface area contributed by atoms with Crippen LogP contribution in [-0.4, -0.2) is 24.7 Å². The molecule has 0 spiro atoms. The standard InChI is InChI=1S/C21H24N2O/c1-17-11-13-19(14-12-17)23(21-10-6-3-7-15-22-21)16-20(24)18-8-4-2-5-9-18/h2,4-5,8-9,11-14H,3,6-7,10,15-16H2,1H3. The van der Waals surface area contributed by atoms with E-state index in [9.17, 15) is 4.79 Å². The first-order valence-electron chi connectivity index (χ1n) is 8.70. The van der Waals surface area contributed by atoms with Gasteiger partial charge in [-0.1, -0.05) is 54.4 Å². The van der Waals surface area contributed by atoms with Gasteiger partial charge in [0.25, 0.3) is 0 Å². The maximum atomic E-state index is 12.7. The smallest absolute Gasteiger partial charge is 0.182 e. The highest BCUT2D eigenvalue weighted by Gasteiger charge is 2.19. The SMILES string of the molecule is Cc1ccc(N(CC(=O)c2ccccc2)C2=NCCCCC2)cc1. The zero-order valence-corrected chi connectivity index (χ0v) is 14.2. The molecule has 0 aliphatic carbocycles. The van der Waals surface area contributed by atoms with Crippen LogP contribution in [0.4, 0.5) is 5.69 Å². The highest BCUT2D eigenvalue weighted by atomic mass is 16.1. The van der Waals surface area contributed by atoms with Gasteiger partial charge in [-0.2, -0.15) is 0 Å². The average Bonchev–Trinajstić information content (AvgIpc) is 2.90. The molecule has 24 heavy (non-hydrogen) atoms. The van der Waals surface area contributed by atoms with Crippen molar-refractivity contribution in [2.75, 3.05) is 18.0 Å². The van der Waals surface area contributed by atoms with Crippen molar-refractivity contribution >= 4 is 17.3 Å². The fraction of sp³-hybridized carbons (Fsp3) is 0.333. The highest BCUT2D eigenvalue weighted by Crippen LogP contribution is 2.20. The molecule has 3 nitrogen and oxygen atoms in total. The second-order valence-corrected chi connectivity index (χ2v) is 6.32. The summed E-state index contributed by atoms with van der Waals surface area (Å²) >= 11 is 0. The Bertz CT molecular complexity index is 704. The molecule has 3 heteroatoms. The second-order valence-electron chi connectivity index (χ2n) is 6.32. The molecule has 1 heterocycles. The van der Waals surface area contributed by atoms with E-state index in [1.165, 1.54) is 12.0 Å². The minimum atomic E-state index is 0.128. The van der Waals surface area contributed by atoms with E-state index in [0.29, 0.717) is 6.54 Å². The van der Waals surface area contributed by atoms with Crippen molar-refractivity contribution in [3.63, 3.8) is 0 Å². The van der Waals surface area contributed by atoms with Crippen LogP contribution in [0.3, 0.4) is 0 Å². The first-order valence-corrected chi connectivity index (χ1v) is 8.70. The summed E-state index contributed by atoms with van der Waals surface area (Å²) in [5.74, 6) is 1.17. The molecule has 0 N–H and O–H groups in total. The van der Waals surface area contributed by atoms with E-state index in [2.05, 4.69) is 36.1 Å². The quantitative estimate of drug-likeness (QED) is 0.768. The van der Waals surface area contributed by atoms with Crippen molar-refractivity contribution in [2.45, 2.75) is 32.6 Å². The summed E-state index contributed by atoms with van der Waals surface area (Å²) in [6.07, 6.45) is 4.43. The van der Waals surface area contributed by atoms with Crippen LogP contribution in [0.5, 0.6) is 0 Å². The molecule has 0 atom stereocenters. The molecular weight excluding hydrogens is 296 g/mol. The summed E-state index contributed by atoms with van der Waals surface area (Å²) in [5.41, 5.74) is 3.02. The number of amidine groups is 1. The minimum Gasteiger partial charge on any atom is -0.322 e. The summed E-state index contributed by atoms with van der Waals surface area (Å²) in [7, 11) is 0. The van der Waals surface area contributed by atoms with Crippen LogP contribution in [0.15, 0.2) is 59.6 Å². The molecular formula is C21H24N2O. The number of nitrogens with zero attached hydrogens (tertiary/aromatic N) is 2. The normalized spacial score (nSPS) is 14.6. The predicted octanol–water partition coefficient (Wildman–Crippen LogP) is 4.66. The molecule has 0 unspecified atom stereocenters. The van der Waals surface area contributed by atoms with Crippen LogP contribution in [0.25, 0.3) is 0 Å².